The third kappa shape index (κ3) is 1.76. The van der Waals surface area contributed by atoms with Crippen LogP contribution in [0.25, 0.3) is 5.65 Å². The molecule has 6 nitrogen and oxygen atoms in total. The lowest BCUT2D eigenvalue weighted by Crippen LogP contribution is -2.30. The van der Waals surface area contributed by atoms with Crippen molar-refractivity contribution in [1.29, 1.82) is 0 Å². The maximum Gasteiger partial charge on any atom is 0.199 e. The van der Waals surface area contributed by atoms with Crippen LogP contribution < -0.4 is 5.32 Å². The van der Waals surface area contributed by atoms with Crippen LogP contribution >= 0.6 is 0 Å². The molecule has 1 fully saturated rings. The highest BCUT2D eigenvalue weighted by Gasteiger charge is 2.30. The lowest BCUT2D eigenvalue weighted by atomic mass is 10.1. The summed E-state index contributed by atoms with van der Waals surface area (Å²) >= 11 is 0. The van der Waals surface area contributed by atoms with Crippen LogP contribution in [0.4, 0.5) is 0 Å². The Labute approximate surface area is 93.0 Å². The Morgan fingerprint density at radius 3 is 3.12 bits per heavy atom. The molecule has 0 spiro atoms. The van der Waals surface area contributed by atoms with Crippen molar-refractivity contribution in [3.8, 4) is 0 Å². The van der Waals surface area contributed by atoms with Crippen molar-refractivity contribution in [3.63, 3.8) is 0 Å². The summed E-state index contributed by atoms with van der Waals surface area (Å²) in [4.78, 5) is 0. The summed E-state index contributed by atoms with van der Waals surface area (Å²) in [7, 11) is 2.01. The zero-order valence-electron chi connectivity index (χ0n) is 9.17. The summed E-state index contributed by atoms with van der Waals surface area (Å²) in [5.74, 6) is 0.816. The first-order chi connectivity index (χ1) is 7.86. The van der Waals surface area contributed by atoms with E-state index in [4.69, 9.17) is 0 Å². The minimum Gasteiger partial charge on any atom is -0.316 e. The molecule has 1 atom stereocenters. The lowest BCUT2D eigenvalue weighted by Gasteiger charge is -2.13. The smallest absolute Gasteiger partial charge is 0.199 e. The fourth-order valence-electron chi connectivity index (χ4n) is 2.02. The van der Waals surface area contributed by atoms with Crippen LogP contribution in [-0.2, 0) is 6.42 Å². The number of hydrogen-bond donors (Lipinski definition) is 1. The van der Waals surface area contributed by atoms with Crippen molar-refractivity contribution >= 4 is 5.65 Å². The van der Waals surface area contributed by atoms with E-state index < -0.39 is 0 Å². The van der Waals surface area contributed by atoms with Crippen LogP contribution in [-0.4, -0.2) is 38.3 Å². The average molecular weight is 218 g/mol. The van der Waals surface area contributed by atoms with Gasteiger partial charge in [-0.1, -0.05) is 0 Å². The molecule has 0 aliphatic heterocycles. The molecule has 2 heterocycles. The maximum atomic E-state index is 4.37. The molecule has 0 bridgehead atoms. The SMILES string of the molecule is CNC(Cc1ccc2nnnn2n1)C1CC1. The highest BCUT2D eigenvalue weighted by atomic mass is 15.6. The number of nitrogens with zero attached hydrogens (tertiary/aromatic N) is 5. The topological polar surface area (TPSA) is 68.0 Å². The van der Waals surface area contributed by atoms with Crippen molar-refractivity contribution in [1.82, 2.24) is 30.6 Å². The van der Waals surface area contributed by atoms with Gasteiger partial charge in [0.15, 0.2) is 5.65 Å². The molecule has 1 aliphatic carbocycles. The van der Waals surface area contributed by atoms with E-state index in [0.717, 1.165) is 18.0 Å². The Hall–Kier alpha value is -1.56. The van der Waals surface area contributed by atoms with E-state index in [1.165, 1.54) is 17.5 Å². The zero-order valence-corrected chi connectivity index (χ0v) is 9.17. The van der Waals surface area contributed by atoms with Gasteiger partial charge in [0, 0.05) is 12.5 Å². The van der Waals surface area contributed by atoms with Gasteiger partial charge < -0.3 is 5.32 Å². The molecular weight excluding hydrogens is 204 g/mol. The number of hydrogen-bond acceptors (Lipinski definition) is 5. The lowest BCUT2D eigenvalue weighted by molar-refractivity contribution is 0.490. The van der Waals surface area contributed by atoms with Crippen molar-refractivity contribution in [2.45, 2.75) is 25.3 Å². The Balaban J connectivity index is 1.81. The van der Waals surface area contributed by atoms with Crippen molar-refractivity contribution in [3.05, 3.63) is 17.8 Å². The fourth-order valence-corrected chi connectivity index (χ4v) is 2.02. The molecule has 0 radical (unpaired) electrons. The van der Waals surface area contributed by atoms with Gasteiger partial charge in [-0.05, 0) is 48.4 Å². The standard InChI is InChI=1S/C10H14N6/c1-11-9(7-2-3-7)6-8-4-5-10-12-14-15-16(10)13-8/h4-5,7,9,11H,2-3,6H2,1H3. The molecular formula is C10H14N6. The number of tetrazole rings is 1. The van der Waals surface area contributed by atoms with Crippen LogP contribution in [0.5, 0.6) is 0 Å². The molecule has 1 N–H and O–H groups in total. The predicted molar refractivity (Wildman–Crippen MR) is 57.9 cm³/mol. The van der Waals surface area contributed by atoms with E-state index in [2.05, 4.69) is 25.9 Å². The van der Waals surface area contributed by atoms with E-state index in [1.54, 1.807) is 0 Å². The molecule has 3 rings (SSSR count). The first-order valence-electron chi connectivity index (χ1n) is 5.58. The molecule has 0 amide bonds. The number of nitrogens with one attached hydrogen (secondary N) is 1. The molecule has 0 saturated heterocycles. The van der Waals surface area contributed by atoms with Crippen LogP contribution in [0.3, 0.4) is 0 Å². The first-order valence-corrected chi connectivity index (χ1v) is 5.58. The number of fused-ring (bicyclic) bond motifs is 1. The number of aromatic nitrogens is 5. The second-order valence-corrected chi connectivity index (χ2v) is 4.29. The van der Waals surface area contributed by atoms with Gasteiger partial charge in [-0.25, -0.2) is 0 Å². The Kier molecular flexibility index (Phi) is 2.28. The molecule has 6 heteroatoms. The Morgan fingerprint density at radius 1 is 1.50 bits per heavy atom. The summed E-state index contributed by atoms with van der Waals surface area (Å²) in [6.07, 6.45) is 3.61. The maximum absolute atomic E-state index is 4.37. The quantitative estimate of drug-likeness (QED) is 0.786. The van der Waals surface area contributed by atoms with Crippen molar-refractivity contribution in [2.75, 3.05) is 7.05 Å². The van der Waals surface area contributed by atoms with Crippen molar-refractivity contribution in [2.24, 2.45) is 5.92 Å². The minimum absolute atomic E-state index is 0.529. The summed E-state index contributed by atoms with van der Waals surface area (Å²) in [5, 5.41) is 18.9. The van der Waals surface area contributed by atoms with Gasteiger partial charge in [-0.3, -0.25) is 0 Å². The average Bonchev–Trinajstić information content (AvgIpc) is 3.04. The summed E-state index contributed by atoms with van der Waals surface area (Å²) in [5.41, 5.74) is 1.72. The molecule has 2 aromatic rings. The van der Waals surface area contributed by atoms with Gasteiger partial charge in [0.2, 0.25) is 0 Å². The molecule has 84 valence electrons. The molecule has 0 aromatic carbocycles. The van der Waals surface area contributed by atoms with E-state index in [9.17, 15) is 0 Å². The Morgan fingerprint density at radius 2 is 2.38 bits per heavy atom. The van der Waals surface area contributed by atoms with E-state index in [1.807, 2.05) is 19.2 Å². The molecule has 16 heavy (non-hydrogen) atoms. The second-order valence-electron chi connectivity index (χ2n) is 4.29. The normalized spacial score (nSPS) is 17.8. The molecule has 1 aliphatic rings. The van der Waals surface area contributed by atoms with Crippen LogP contribution in [0.2, 0.25) is 0 Å². The van der Waals surface area contributed by atoms with Crippen LogP contribution in [0.1, 0.15) is 18.5 Å². The third-order valence-corrected chi connectivity index (χ3v) is 3.12. The molecule has 1 unspecified atom stereocenters. The van der Waals surface area contributed by atoms with Gasteiger partial charge in [0.1, 0.15) is 0 Å². The monoisotopic (exact) mass is 218 g/mol. The van der Waals surface area contributed by atoms with Gasteiger partial charge in [-0.15, -0.1) is 9.73 Å². The first kappa shape index (κ1) is 9.65. The Bertz CT molecular complexity index is 489. The van der Waals surface area contributed by atoms with E-state index in [-0.39, 0.29) is 0 Å². The third-order valence-electron chi connectivity index (χ3n) is 3.12. The van der Waals surface area contributed by atoms with Gasteiger partial charge in [0.25, 0.3) is 0 Å². The molecule has 1 saturated carbocycles. The highest BCUT2D eigenvalue weighted by Crippen LogP contribution is 2.33. The predicted octanol–water partition coefficient (Wildman–Crippen LogP) is 0.0598. The fraction of sp³-hybridized carbons (Fsp3) is 0.600. The van der Waals surface area contributed by atoms with Gasteiger partial charge >= 0.3 is 0 Å². The highest BCUT2D eigenvalue weighted by molar-refractivity contribution is 5.33. The number of rotatable bonds is 4. The molecule has 2 aromatic heterocycles. The minimum atomic E-state index is 0.529. The summed E-state index contributed by atoms with van der Waals surface area (Å²) < 4.78 is 1.48. The van der Waals surface area contributed by atoms with E-state index >= 15 is 0 Å². The van der Waals surface area contributed by atoms with Crippen molar-refractivity contribution < 1.29 is 0 Å². The largest absolute Gasteiger partial charge is 0.316 e. The van der Waals surface area contributed by atoms with Crippen LogP contribution in [0, 0.1) is 5.92 Å². The van der Waals surface area contributed by atoms with Gasteiger partial charge in [-0.2, -0.15) is 5.10 Å². The van der Waals surface area contributed by atoms with E-state index in [0.29, 0.717) is 11.7 Å². The summed E-state index contributed by atoms with van der Waals surface area (Å²) in [6.45, 7) is 0. The number of likely N-dealkylation sites (N-methyl/N-ethyl adjacent to an activating group) is 1. The summed E-state index contributed by atoms with van der Waals surface area (Å²) in [6, 6.07) is 4.43. The van der Waals surface area contributed by atoms with Crippen LogP contribution in [0.15, 0.2) is 12.1 Å². The van der Waals surface area contributed by atoms with Gasteiger partial charge in [0.05, 0.1) is 5.69 Å². The second kappa shape index (κ2) is 3.79. The zero-order chi connectivity index (χ0) is 11.0.